The first kappa shape index (κ1) is 18.2. The Kier molecular flexibility index (Phi) is 7.66. The van der Waals surface area contributed by atoms with Crippen molar-refractivity contribution in [1.82, 2.24) is 10.2 Å². The molecular formula is C16H26N2O4. The average molecular weight is 310 g/mol. The zero-order valence-corrected chi connectivity index (χ0v) is 13.9. The topological polar surface area (TPSA) is 71.8 Å². The Bertz CT molecular complexity index is 496. The molecule has 0 saturated carbocycles. The summed E-state index contributed by atoms with van der Waals surface area (Å²) in [5.74, 6) is 1.13. The lowest BCUT2D eigenvalue weighted by molar-refractivity contribution is -0.121. The Morgan fingerprint density at radius 1 is 1.32 bits per heavy atom. The third kappa shape index (κ3) is 5.52. The fourth-order valence-electron chi connectivity index (χ4n) is 2.12. The van der Waals surface area contributed by atoms with Crippen molar-refractivity contribution in [3.05, 3.63) is 23.2 Å². The molecule has 0 aliphatic heterocycles. The highest BCUT2D eigenvalue weighted by atomic mass is 16.5. The van der Waals surface area contributed by atoms with Crippen molar-refractivity contribution in [3.8, 4) is 0 Å². The van der Waals surface area contributed by atoms with Gasteiger partial charge in [0.15, 0.2) is 0 Å². The van der Waals surface area contributed by atoms with Gasteiger partial charge in [-0.2, -0.15) is 0 Å². The van der Waals surface area contributed by atoms with Crippen LogP contribution >= 0.6 is 0 Å². The van der Waals surface area contributed by atoms with Crippen molar-refractivity contribution in [3.63, 3.8) is 0 Å². The zero-order valence-electron chi connectivity index (χ0n) is 13.9. The third-order valence-corrected chi connectivity index (χ3v) is 3.30. The van der Waals surface area contributed by atoms with Gasteiger partial charge in [0, 0.05) is 33.2 Å². The van der Waals surface area contributed by atoms with Crippen LogP contribution in [0.4, 0.5) is 0 Å². The van der Waals surface area contributed by atoms with E-state index in [1.54, 1.807) is 25.0 Å². The first-order chi connectivity index (χ1) is 10.5. The van der Waals surface area contributed by atoms with Gasteiger partial charge < -0.3 is 19.4 Å². The van der Waals surface area contributed by atoms with E-state index in [1.807, 2.05) is 13.8 Å². The number of rotatable bonds is 9. The van der Waals surface area contributed by atoms with Gasteiger partial charge >= 0.3 is 0 Å². The highest BCUT2D eigenvalue weighted by Crippen LogP contribution is 2.16. The molecule has 0 unspecified atom stereocenters. The van der Waals surface area contributed by atoms with E-state index in [9.17, 15) is 9.59 Å². The van der Waals surface area contributed by atoms with Crippen LogP contribution in [0.5, 0.6) is 0 Å². The molecular weight excluding hydrogens is 284 g/mol. The third-order valence-electron chi connectivity index (χ3n) is 3.30. The minimum atomic E-state index is -0.130. The summed E-state index contributed by atoms with van der Waals surface area (Å²) >= 11 is 0. The number of ether oxygens (including phenoxy) is 1. The minimum absolute atomic E-state index is 0.0443. The monoisotopic (exact) mass is 310 g/mol. The summed E-state index contributed by atoms with van der Waals surface area (Å²) in [6.45, 7) is 7.47. The van der Waals surface area contributed by atoms with E-state index in [2.05, 4.69) is 5.32 Å². The molecule has 6 heteroatoms. The van der Waals surface area contributed by atoms with Gasteiger partial charge in [0.2, 0.25) is 5.91 Å². The quantitative estimate of drug-likeness (QED) is 0.756. The Morgan fingerprint density at radius 2 is 2.05 bits per heavy atom. The number of carbonyl (C=O) groups excluding carboxylic acids is 2. The summed E-state index contributed by atoms with van der Waals surface area (Å²) in [5, 5.41) is 2.81. The largest absolute Gasteiger partial charge is 0.466 e. The van der Waals surface area contributed by atoms with Crippen LogP contribution in [-0.4, -0.2) is 50.1 Å². The van der Waals surface area contributed by atoms with Crippen molar-refractivity contribution >= 4 is 11.8 Å². The summed E-state index contributed by atoms with van der Waals surface area (Å²) in [6.07, 6.45) is 1.18. The highest BCUT2D eigenvalue weighted by molar-refractivity contribution is 5.95. The van der Waals surface area contributed by atoms with Crippen molar-refractivity contribution in [1.29, 1.82) is 0 Å². The predicted octanol–water partition coefficient (Wildman–Crippen LogP) is 1.90. The van der Waals surface area contributed by atoms with E-state index < -0.39 is 0 Å². The minimum Gasteiger partial charge on any atom is -0.466 e. The molecule has 0 aromatic carbocycles. The Morgan fingerprint density at radius 3 is 2.59 bits per heavy atom. The Hall–Kier alpha value is -1.82. The van der Waals surface area contributed by atoms with Crippen LogP contribution in [0.3, 0.4) is 0 Å². The fourth-order valence-corrected chi connectivity index (χ4v) is 2.12. The standard InChI is InChI=1S/C16H26N2O4/c1-5-7-17-15(19)6-8-18(9-10-21-4)16(20)14-11-12(2)22-13(14)3/h11H,5-10H2,1-4H3,(H,17,19). The molecule has 124 valence electrons. The molecule has 0 saturated heterocycles. The van der Waals surface area contributed by atoms with E-state index in [0.29, 0.717) is 43.3 Å². The van der Waals surface area contributed by atoms with Crippen LogP contribution in [0.25, 0.3) is 0 Å². The normalized spacial score (nSPS) is 10.5. The van der Waals surface area contributed by atoms with Gasteiger partial charge in [-0.3, -0.25) is 9.59 Å². The molecule has 2 amide bonds. The van der Waals surface area contributed by atoms with E-state index in [4.69, 9.17) is 9.15 Å². The number of amides is 2. The maximum atomic E-state index is 12.6. The van der Waals surface area contributed by atoms with Crippen LogP contribution < -0.4 is 5.32 Å². The molecule has 1 aromatic heterocycles. The van der Waals surface area contributed by atoms with Gasteiger partial charge in [-0.25, -0.2) is 0 Å². The van der Waals surface area contributed by atoms with Gasteiger partial charge in [-0.05, 0) is 26.3 Å². The van der Waals surface area contributed by atoms with Crippen LogP contribution in [0.15, 0.2) is 10.5 Å². The Balaban J connectivity index is 2.68. The second-order valence-electron chi connectivity index (χ2n) is 5.21. The number of hydrogen-bond donors (Lipinski definition) is 1. The lowest BCUT2D eigenvalue weighted by atomic mass is 10.2. The predicted molar refractivity (Wildman–Crippen MR) is 83.9 cm³/mol. The second-order valence-corrected chi connectivity index (χ2v) is 5.21. The average Bonchev–Trinajstić information content (AvgIpc) is 2.83. The smallest absolute Gasteiger partial charge is 0.257 e. The number of hydrogen-bond acceptors (Lipinski definition) is 4. The van der Waals surface area contributed by atoms with Crippen LogP contribution in [0.1, 0.15) is 41.6 Å². The lowest BCUT2D eigenvalue weighted by Gasteiger charge is -2.22. The van der Waals surface area contributed by atoms with E-state index in [-0.39, 0.29) is 18.2 Å². The second kappa shape index (κ2) is 9.25. The van der Waals surface area contributed by atoms with Gasteiger partial charge in [0.1, 0.15) is 11.5 Å². The molecule has 0 spiro atoms. The first-order valence-corrected chi connectivity index (χ1v) is 7.61. The number of nitrogens with one attached hydrogen (secondary N) is 1. The molecule has 0 aliphatic rings. The summed E-state index contributed by atoms with van der Waals surface area (Å²) < 4.78 is 10.5. The number of carbonyl (C=O) groups is 2. The van der Waals surface area contributed by atoms with Gasteiger partial charge in [0.25, 0.3) is 5.91 Å². The summed E-state index contributed by atoms with van der Waals surface area (Å²) in [7, 11) is 1.59. The van der Waals surface area contributed by atoms with Crippen molar-refractivity contribution in [2.45, 2.75) is 33.6 Å². The highest BCUT2D eigenvalue weighted by Gasteiger charge is 2.20. The lowest BCUT2D eigenvalue weighted by Crippen LogP contribution is -2.37. The van der Waals surface area contributed by atoms with E-state index in [1.165, 1.54) is 0 Å². The number of aryl methyl sites for hydroxylation is 2. The molecule has 0 radical (unpaired) electrons. The van der Waals surface area contributed by atoms with E-state index in [0.717, 1.165) is 6.42 Å². The van der Waals surface area contributed by atoms with E-state index >= 15 is 0 Å². The number of furan rings is 1. The van der Waals surface area contributed by atoms with Crippen molar-refractivity contribution in [2.75, 3.05) is 33.4 Å². The molecule has 1 heterocycles. The number of methoxy groups -OCH3 is 1. The maximum Gasteiger partial charge on any atom is 0.257 e. The summed E-state index contributed by atoms with van der Waals surface area (Å²) in [6, 6.07) is 1.73. The molecule has 1 N–H and O–H groups in total. The summed E-state index contributed by atoms with van der Waals surface area (Å²) in [4.78, 5) is 25.9. The summed E-state index contributed by atoms with van der Waals surface area (Å²) in [5.41, 5.74) is 0.544. The molecule has 22 heavy (non-hydrogen) atoms. The first-order valence-electron chi connectivity index (χ1n) is 7.61. The van der Waals surface area contributed by atoms with Crippen molar-refractivity contribution < 1.29 is 18.7 Å². The molecule has 6 nitrogen and oxygen atoms in total. The van der Waals surface area contributed by atoms with Crippen molar-refractivity contribution in [2.24, 2.45) is 0 Å². The van der Waals surface area contributed by atoms with Gasteiger partial charge in [-0.15, -0.1) is 0 Å². The van der Waals surface area contributed by atoms with Crippen LogP contribution in [0.2, 0.25) is 0 Å². The van der Waals surface area contributed by atoms with Crippen LogP contribution in [0, 0.1) is 13.8 Å². The van der Waals surface area contributed by atoms with Gasteiger partial charge in [0.05, 0.1) is 12.2 Å². The molecule has 1 aromatic rings. The molecule has 0 atom stereocenters. The molecule has 0 aliphatic carbocycles. The molecule has 1 rings (SSSR count). The van der Waals surface area contributed by atoms with Gasteiger partial charge in [-0.1, -0.05) is 6.92 Å². The van der Waals surface area contributed by atoms with Crippen LogP contribution in [-0.2, 0) is 9.53 Å². The number of nitrogens with zero attached hydrogens (tertiary/aromatic N) is 1. The zero-order chi connectivity index (χ0) is 16.5. The Labute approximate surface area is 131 Å². The maximum absolute atomic E-state index is 12.6. The fraction of sp³-hybridized carbons (Fsp3) is 0.625. The SMILES string of the molecule is CCCNC(=O)CCN(CCOC)C(=O)c1cc(C)oc1C. The molecule has 0 fully saturated rings. The molecule has 0 bridgehead atoms.